The van der Waals surface area contributed by atoms with Crippen LogP contribution in [0.5, 0.6) is 0 Å². The number of fused-ring (bicyclic) bond motifs is 6. The van der Waals surface area contributed by atoms with Crippen molar-refractivity contribution in [3.8, 4) is 124 Å². The second-order valence-corrected chi connectivity index (χ2v) is 30.5. The molecular formula is C114H78N10. The molecule has 0 radical (unpaired) electrons. The summed E-state index contributed by atoms with van der Waals surface area (Å²) in [4.78, 5) is 36.2. The zero-order chi connectivity index (χ0) is 82.5. The largest absolute Gasteiger partial charge is 0.311 e. The van der Waals surface area contributed by atoms with Crippen LogP contribution in [-0.4, -0.2) is 39.0 Å². The van der Waals surface area contributed by atoms with Crippen molar-refractivity contribution in [1.29, 1.82) is 0 Å². The molecule has 0 saturated heterocycles. The highest BCUT2D eigenvalue weighted by Crippen LogP contribution is 2.46. The highest BCUT2D eigenvalue weighted by molar-refractivity contribution is 6.15. The van der Waals surface area contributed by atoms with Crippen LogP contribution in [-0.2, 0) is 0 Å². The molecule has 0 fully saturated rings. The molecule has 124 heavy (non-hydrogen) atoms. The van der Waals surface area contributed by atoms with Crippen molar-refractivity contribution in [2.45, 2.75) is 0 Å². The van der Waals surface area contributed by atoms with Crippen LogP contribution in [0, 0.1) is 0 Å². The van der Waals surface area contributed by atoms with Crippen LogP contribution in [0.4, 0.5) is 34.1 Å². The first-order valence-electron chi connectivity index (χ1n) is 41.7. The number of benzene rings is 18. The van der Waals surface area contributed by atoms with Gasteiger partial charge in [0.25, 0.3) is 0 Å². The molecule has 0 saturated carbocycles. The Hall–Kier alpha value is -16.8. The third kappa shape index (κ3) is 14.8. The summed E-state index contributed by atoms with van der Waals surface area (Å²) < 4.78 is 4.44. The maximum atomic E-state index is 5.38. The Balaban J connectivity index is 0.000000152. The van der Waals surface area contributed by atoms with Gasteiger partial charge in [0.15, 0.2) is 23.3 Å². The van der Waals surface area contributed by atoms with Crippen LogP contribution in [0.3, 0.4) is 0 Å². The van der Waals surface area contributed by atoms with E-state index < -0.39 is 0 Å². The monoisotopic (exact) mass is 1590 g/mol. The van der Waals surface area contributed by atoms with Gasteiger partial charge in [0.05, 0.1) is 27.8 Å². The summed E-state index contributed by atoms with van der Waals surface area (Å²) in [6, 6.07) is 166. The molecule has 0 amide bonds. The van der Waals surface area contributed by atoms with E-state index in [0.717, 1.165) is 150 Å². The van der Waals surface area contributed by atoms with Gasteiger partial charge in [0, 0.05) is 88.9 Å². The van der Waals surface area contributed by atoms with Crippen molar-refractivity contribution in [2.24, 2.45) is 0 Å². The van der Waals surface area contributed by atoms with Crippen LogP contribution in [0.2, 0.25) is 0 Å². The molecule has 0 aliphatic rings. The molecule has 0 aliphatic heterocycles. The lowest BCUT2D eigenvalue weighted by atomic mass is 9.97. The van der Waals surface area contributed by atoms with Crippen LogP contribution in [0.25, 0.3) is 168 Å². The fraction of sp³-hybridized carbons (Fsp3) is 0. The Morgan fingerprint density at radius 3 is 0.887 bits per heavy atom. The molecular weight excluding hydrogens is 1510 g/mol. The maximum absolute atomic E-state index is 5.38. The number of para-hydroxylation sites is 9. The molecule has 22 aromatic rings. The lowest BCUT2D eigenvalue weighted by Crippen LogP contribution is -2.11. The lowest BCUT2D eigenvalue weighted by molar-refractivity contribution is 0.953. The minimum Gasteiger partial charge on any atom is -0.311 e. The molecule has 584 valence electrons. The molecule has 22 rings (SSSR count). The summed E-state index contributed by atoms with van der Waals surface area (Å²) in [6.45, 7) is 0. The summed E-state index contributed by atoms with van der Waals surface area (Å²) in [7, 11) is 0. The van der Waals surface area contributed by atoms with Gasteiger partial charge in [-0.3, -0.25) is 9.13 Å². The van der Waals surface area contributed by atoms with Crippen molar-refractivity contribution in [3.05, 3.63) is 473 Å². The van der Waals surface area contributed by atoms with Gasteiger partial charge in [-0.15, -0.1) is 0 Å². The average Bonchev–Trinajstić information content (AvgIpc) is 1.58. The van der Waals surface area contributed by atoms with Gasteiger partial charge in [0.2, 0.25) is 11.9 Å². The van der Waals surface area contributed by atoms with E-state index in [1.807, 2.05) is 48.5 Å². The minimum atomic E-state index is 0.554. The van der Waals surface area contributed by atoms with E-state index in [2.05, 4.69) is 444 Å². The Labute approximate surface area is 719 Å². The molecule has 0 unspecified atom stereocenters. The van der Waals surface area contributed by atoms with Gasteiger partial charge in [-0.1, -0.05) is 376 Å². The van der Waals surface area contributed by atoms with E-state index in [1.54, 1.807) is 0 Å². The van der Waals surface area contributed by atoms with E-state index in [0.29, 0.717) is 35.2 Å². The molecule has 0 spiro atoms. The highest BCUT2D eigenvalue weighted by Gasteiger charge is 2.26. The zero-order valence-electron chi connectivity index (χ0n) is 67.5. The van der Waals surface area contributed by atoms with Crippen molar-refractivity contribution >= 4 is 77.7 Å². The maximum Gasteiger partial charge on any atom is 0.238 e. The second kappa shape index (κ2) is 33.5. The SMILES string of the molecule is c1ccc(-c2ccc(-c3cccc4c5ccccc5n(-c5nc(-c6ccccc6)nc(-c6cccc(-c7ccccc7N(c7ccccc7)c7ccccc7)c6)n5)c34)cc2)cc1.c1ccc(-c2cccc(-c3cccc4c5ccccc5n(-c5nc(-c6ccccc6)nc(-c6cccc(-c7ccc(N(c8ccccc8)c8ccccc8)cc7)c6)n5)c34)c2)cc1. The van der Waals surface area contributed by atoms with Gasteiger partial charge in [-0.2, -0.15) is 19.9 Å². The molecule has 10 nitrogen and oxygen atoms in total. The van der Waals surface area contributed by atoms with Gasteiger partial charge >= 0.3 is 0 Å². The summed E-state index contributed by atoms with van der Waals surface area (Å²) >= 11 is 0. The van der Waals surface area contributed by atoms with Crippen LogP contribution < -0.4 is 9.80 Å². The van der Waals surface area contributed by atoms with E-state index >= 15 is 0 Å². The summed E-state index contributed by atoms with van der Waals surface area (Å²) in [5, 5.41) is 4.53. The number of nitrogens with zero attached hydrogens (tertiary/aromatic N) is 10. The van der Waals surface area contributed by atoms with Gasteiger partial charge in [-0.25, -0.2) is 9.97 Å². The van der Waals surface area contributed by atoms with E-state index in [9.17, 15) is 0 Å². The minimum absolute atomic E-state index is 0.554. The van der Waals surface area contributed by atoms with Crippen molar-refractivity contribution in [1.82, 2.24) is 39.0 Å². The molecule has 0 aliphatic carbocycles. The van der Waals surface area contributed by atoms with Gasteiger partial charge < -0.3 is 9.80 Å². The fourth-order valence-corrected chi connectivity index (χ4v) is 17.1. The van der Waals surface area contributed by atoms with Gasteiger partial charge in [-0.05, 0) is 147 Å². The highest BCUT2D eigenvalue weighted by atomic mass is 15.2. The lowest BCUT2D eigenvalue weighted by Gasteiger charge is -2.27. The second-order valence-electron chi connectivity index (χ2n) is 30.5. The number of hydrogen-bond donors (Lipinski definition) is 0. The molecule has 0 bridgehead atoms. The topological polar surface area (TPSA) is 93.7 Å². The van der Waals surface area contributed by atoms with Crippen LogP contribution >= 0.6 is 0 Å². The van der Waals surface area contributed by atoms with Crippen LogP contribution in [0.1, 0.15) is 0 Å². The third-order valence-corrected chi connectivity index (χ3v) is 22.9. The summed E-state index contributed by atoms with van der Waals surface area (Å²) in [6.07, 6.45) is 0. The fourth-order valence-electron chi connectivity index (χ4n) is 17.1. The molecule has 0 N–H and O–H groups in total. The molecule has 10 heteroatoms. The van der Waals surface area contributed by atoms with Crippen molar-refractivity contribution in [3.63, 3.8) is 0 Å². The first-order valence-corrected chi connectivity index (χ1v) is 41.7. The zero-order valence-corrected chi connectivity index (χ0v) is 67.5. The first-order chi connectivity index (χ1) is 61.5. The van der Waals surface area contributed by atoms with E-state index in [1.165, 1.54) is 16.7 Å². The van der Waals surface area contributed by atoms with Crippen LogP contribution in [0.15, 0.2) is 473 Å². The Kier molecular flexibility index (Phi) is 20.2. The smallest absolute Gasteiger partial charge is 0.238 e. The Bertz CT molecular complexity index is 7480. The average molecular weight is 1590 g/mol. The van der Waals surface area contributed by atoms with E-state index in [4.69, 9.17) is 29.9 Å². The molecule has 18 aromatic carbocycles. The Morgan fingerprint density at radius 1 is 0.161 bits per heavy atom. The van der Waals surface area contributed by atoms with Crippen molar-refractivity contribution < 1.29 is 0 Å². The predicted octanol–water partition coefficient (Wildman–Crippen LogP) is 29.5. The van der Waals surface area contributed by atoms with Crippen molar-refractivity contribution in [2.75, 3.05) is 9.80 Å². The predicted molar refractivity (Wildman–Crippen MR) is 512 cm³/mol. The number of aromatic nitrogens is 8. The normalized spacial score (nSPS) is 11.2. The number of hydrogen-bond acceptors (Lipinski definition) is 8. The number of rotatable bonds is 18. The van der Waals surface area contributed by atoms with Gasteiger partial charge in [0.1, 0.15) is 0 Å². The van der Waals surface area contributed by atoms with E-state index in [-0.39, 0.29) is 0 Å². The quantitative estimate of drug-likeness (QED) is 0.0839. The number of anilines is 6. The molecule has 0 atom stereocenters. The first kappa shape index (κ1) is 74.7. The standard InChI is InChI=1S/2C57H39N5/c1-5-19-40(20-6-1)41-35-37-42(38-36-41)49-31-18-32-51-50-30-14-16-34-53(50)62(54(49)51)57-59-55(43-21-7-2-8-22-43)58-56(60-57)45-24-17-23-44(39-45)48-29-13-15-33-52(48)61(46-25-9-3-10-26-46)47-27-11-4-12-28-47;1-5-18-40(19-6-1)43-22-15-24-45(38-43)50-31-17-32-52-51-30-13-14-33-53(51)62(54(50)52)57-59-55(42-20-7-2-8-21-42)58-56(60-57)46-25-16-23-44(39-46)41-34-36-49(37-35-41)61(47-26-9-3-10-27-47)48-28-11-4-12-29-48/h2*1-39H. The Morgan fingerprint density at radius 2 is 0.427 bits per heavy atom. The third-order valence-electron chi connectivity index (χ3n) is 22.9. The molecule has 4 aromatic heterocycles. The summed E-state index contributed by atoms with van der Waals surface area (Å²) in [5.41, 5.74) is 27.7. The summed E-state index contributed by atoms with van der Waals surface area (Å²) in [5.74, 6) is 3.51. The molecule has 4 heterocycles.